The second-order valence-electron chi connectivity index (χ2n) is 4.82. The molecule has 25 heavy (non-hydrogen) atoms. The molecule has 2 aromatic carbocycles. The zero-order valence-corrected chi connectivity index (χ0v) is 14.2. The van der Waals surface area contributed by atoms with Crippen molar-refractivity contribution in [1.29, 1.82) is 0 Å². The van der Waals surface area contributed by atoms with Crippen molar-refractivity contribution in [3.05, 3.63) is 53.4 Å². The number of para-hydroxylation sites is 1. The number of hydrogen-bond donors (Lipinski definition) is 0. The van der Waals surface area contributed by atoms with Crippen LogP contribution < -0.4 is 9.47 Å². The maximum atomic E-state index is 13.0. The Kier molecular flexibility index (Phi) is 4.78. The van der Waals surface area contributed by atoms with Gasteiger partial charge in [-0.25, -0.2) is 0 Å². The van der Waals surface area contributed by atoms with E-state index in [4.69, 9.17) is 32.7 Å². The minimum Gasteiger partial charge on any atom is -0.493 e. The van der Waals surface area contributed by atoms with Crippen LogP contribution in [0.3, 0.4) is 0 Å². The Morgan fingerprint density at radius 3 is 2.60 bits per heavy atom. The first kappa shape index (κ1) is 17.4. The number of aromatic nitrogens is 2. The van der Waals surface area contributed by atoms with Gasteiger partial charge < -0.3 is 14.0 Å². The summed E-state index contributed by atoms with van der Waals surface area (Å²) in [7, 11) is 1.49. The summed E-state index contributed by atoms with van der Waals surface area (Å²) in [6.07, 6.45) is 0. The summed E-state index contributed by atoms with van der Waals surface area (Å²) in [6, 6.07) is 11.5. The van der Waals surface area contributed by atoms with Crippen LogP contribution in [0.15, 0.2) is 47.0 Å². The zero-order valence-electron chi connectivity index (χ0n) is 12.7. The van der Waals surface area contributed by atoms with Crippen LogP contribution in [-0.4, -0.2) is 17.3 Å². The maximum absolute atomic E-state index is 13.0. The Labute approximate surface area is 151 Å². The number of ether oxygens (including phenoxy) is 2. The molecule has 3 aromatic rings. The number of benzene rings is 2. The lowest BCUT2D eigenvalue weighted by Crippen LogP contribution is -2.03. The van der Waals surface area contributed by atoms with Crippen LogP contribution in [-0.2, 0) is 5.38 Å². The molecule has 1 aromatic heterocycles. The Balaban J connectivity index is 1.92. The van der Waals surface area contributed by atoms with Crippen molar-refractivity contribution in [2.45, 2.75) is 5.38 Å². The summed E-state index contributed by atoms with van der Waals surface area (Å²) in [4.78, 5) is 3.59. The molecule has 5 nitrogen and oxygen atoms in total. The molecule has 3 rings (SSSR count). The molecule has 0 radical (unpaired) electrons. The highest BCUT2D eigenvalue weighted by atomic mass is 35.5. The van der Waals surface area contributed by atoms with Crippen LogP contribution in [0, 0.1) is 0 Å². The van der Waals surface area contributed by atoms with E-state index in [0.29, 0.717) is 27.8 Å². The molecule has 0 N–H and O–H groups in total. The lowest BCUT2D eigenvalue weighted by atomic mass is 10.2. The molecule has 130 valence electrons. The van der Waals surface area contributed by atoms with Crippen LogP contribution in [0.1, 0.15) is 5.89 Å². The van der Waals surface area contributed by atoms with Crippen molar-refractivity contribution >= 4 is 23.2 Å². The Hall–Kier alpha value is -2.38. The predicted octanol–water partition coefficient (Wildman–Crippen LogP) is 5.48. The van der Waals surface area contributed by atoms with Crippen LogP contribution in [0.4, 0.5) is 8.78 Å². The lowest BCUT2D eigenvalue weighted by Gasteiger charge is -2.12. The van der Waals surface area contributed by atoms with Gasteiger partial charge in [0, 0.05) is 5.56 Å². The van der Waals surface area contributed by atoms with Gasteiger partial charge in [0.25, 0.3) is 0 Å². The van der Waals surface area contributed by atoms with E-state index in [2.05, 4.69) is 14.7 Å². The van der Waals surface area contributed by atoms with Crippen LogP contribution in [0.25, 0.3) is 11.4 Å². The van der Waals surface area contributed by atoms with E-state index >= 15 is 0 Å². The second-order valence-corrected chi connectivity index (χ2v) is 5.70. The SMILES string of the molecule is COc1cccc(Cl)c1Oc1cccc(-c2noc(C(F)(F)Cl)n2)c1. The largest absolute Gasteiger partial charge is 0.493 e. The maximum Gasteiger partial charge on any atom is 0.400 e. The first-order chi connectivity index (χ1) is 11.9. The summed E-state index contributed by atoms with van der Waals surface area (Å²) < 4.78 is 41.4. The van der Waals surface area contributed by atoms with E-state index in [1.54, 1.807) is 42.5 Å². The molecule has 0 bridgehead atoms. The number of methoxy groups -OCH3 is 1. The molecule has 9 heteroatoms. The molecule has 0 aliphatic heterocycles. The molecule has 0 aliphatic carbocycles. The lowest BCUT2D eigenvalue weighted by molar-refractivity contribution is 0.0551. The van der Waals surface area contributed by atoms with Gasteiger partial charge in [-0.1, -0.05) is 35.0 Å². The highest BCUT2D eigenvalue weighted by molar-refractivity contribution is 6.32. The number of alkyl halides is 3. The summed E-state index contributed by atoms with van der Waals surface area (Å²) in [5.74, 6) is 0.120. The Bertz CT molecular complexity index is 897. The monoisotopic (exact) mass is 386 g/mol. The van der Waals surface area contributed by atoms with Crippen molar-refractivity contribution in [3.8, 4) is 28.6 Å². The summed E-state index contributed by atoms with van der Waals surface area (Å²) in [6.45, 7) is 0. The van der Waals surface area contributed by atoms with Crippen molar-refractivity contribution < 1.29 is 22.8 Å². The molecule has 0 atom stereocenters. The van der Waals surface area contributed by atoms with Gasteiger partial charge in [0.1, 0.15) is 5.75 Å². The quantitative estimate of drug-likeness (QED) is 0.543. The van der Waals surface area contributed by atoms with E-state index < -0.39 is 11.3 Å². The number of halogens is 4. The van der Waals surface area contributed by atoms with Crippen molar-refractivity contribution in [2.75, 3.05) is 7.11 Å². The minimum absolute atomic E-state index is 0.0492. The van der Waals surface area contributed by atoms with Crippen LogP contribution >= 0.6 is 23.2 Å². The van der Waals surface area contributed by atoms with Gasteiger partial charge in [-0.05, 0) is 35.9 Å². The molecular weight excluding hydrogens is 377 g/mol. The highest BCUT2D eigenvalue weighted by Gasteiger charge is 2.35. The fraction of sp³-hybridized carbons (Fsp3) is 0.125. The summed E-state index contributed by atoms with van der Waals surface area (Å²) in [5, 5.41) is 0.119. The van der Waals surface area contributed by atoms with Crippen LogP contribution in [0.5, 0.6) is 17.2 Å². The molecule has 0 unspecified atom stereocenters. The predicted molar refractivity (Wildman–Crippen MR) is 87.6 cm³/mol. The van der Waals surface area contributed by atoms with E-state index in [1.165, 1.54) is 7.11 Å². The number of nitrogens with zero attached hydrogens (tertiary/aromatic N) is 2. The average molecular weight is 387 g/mol. The standard InChI is InChI=1S/C16H10Cl2F2N2O3/c1-23-12-7-3-6-11(17)13(12)24-10-5-2-4-9(8-10)14-21-15(25-22-14)16(18,19)20/h2-8H,1H3. The molecule has 1 heterocycles. The first-order valence-electron chi connectivity index (χ1n) is 6.90. The molecule has 0 fully saturated rings. The normalized spacial score (nSPS) is 11.4. The van der Waals surface area contributed by atoms with Gasteiger partial charge in [-0.3, -0.25) is 0 Å². The van der Waals surface area contributed by atoms with Gasteiger partial charge in [-0.15, -0.1) is 0 Å². The van der Waals surface area contributed by atoms with Gasteiger partial charge in [-0.2, -0.15) is 13.8 Å². The van der Waals surface area contributed by atoms with Gasteiger partial charge >= 0.3 is 11.3 Å². The van der Waals surface area contributed by atoms with E-state index in [-0.39, 0.29) is 5.82 Å². The Morgan fingerprint density at radius 2 is 1.92 bits per heavy atom. The van der Waals surface area contributed by atoms with Gasteiger partial charge in [0.05, 0.1) is 12.1 Å². The van der Waals surface area contributed by atoms with Crippen LogP contribution in [0.2, 0.25) is 5.02 Å². The molecule has 0 saturated carbocycles. The third-order valence-electron chi connectivity index (χ3n) is 3.13. The van der Waals surface area contributed by atoms with Crippen molar-refractivity contribution in [1.82, 2.24) is 10.1 Å². The summed E-state index contributed by atoms with van der Waals surface area (Å²) >= 11 is 11.0. The van der Waals surface area contributed by atoms with Gasteiger partial charge in [0.15, 0.2) is 11.5 Å². The fourth-order valence-corrected chi connectivity index (χ4v) is 2.30. The van der Waals surface area contributed by atoms with Crippen molar-refractivity contribution in [2.24, 2.45) is 0 Å². The highest BCUT2D eigenvalue weighted by Crippen LogP contribution is 2.39. The average Bonchev–Trinajstić information content (AvgIpc) is 3.07. The molecule has 0 spiro atoms. The topological polar surface area (TPSA) is 57.4 Å². The van der Waals surface area contributed by atoms with Gasteiger partial charge in [0.2, 0.25) is 5.82 Å². The number of hydrogen-bond acceptors (Lipinski definition) is 5. The van der Waals surface area contributed by atoms with E-state index in [1.807, 2.05) is 0 Å². The molecular formula is C16H10Cl2F2N2O3. The Morgan fingerprint density at radius 1 is 1.16 bits per heavy atom. The smallest absolute Gasteiger partial charge is 0.400 e. The fourth-order valence-electron chi connectivity index (χ4n) is 2.02. The second kappa shape index (κ2) is 6.85. The summed E-state index contributed by atoms with van der Waals surface area (Å²) in [5.41, 5.74) is 0.402. The van der Waals surface area contributed by atoms with E-state index in [0.717, 1.165) is 0 Å². The minimum atomic E-state index is -3.73. The zero-order chi connectivity index (χ0) is 18.0. The first-order valence-corrected chi connectivity index (χ1v) is 7.66. The van der Waals surface area contributed by atoms with E-state index in [9.17, 15) is 8.78 Å². The molecule has 0 aliphatic rings. The molecule has 0 amide bonds. The molecule has 0 saturated heterocycles. The van der Waals surface area contributed by atoms with Crippen molar-refractivity contribution in [3.63, 3.8) is 0 Å². The third kappa shape index (κ3) is 3.83. The third-order valence-corrected chi connectivity index (χ3v) is 3.59. The number of rotatable bonds is 5.